The van der Waals surface area contributed by atoms with Crippen molar-refractivity contribution in [3.8, 4) is 0 Å². The maximum absolute atomic E-state index is 12.8. The van der Waals surface area contributed by atoms with E-state index in [4.69, 9.17) is 9.97 Å². The first-order valence-corrected chi connectivity index (χ1v) is 11.1. The van der Waals surface area contributed by atoms with E-state index >= 15 is 0 Å². The molecule has 9 nitrogen and oxygen atoms in total. The summed E-state index contributed by atoms with van der Waals surface area (Å²) >= 11 is 3.33. The first kappa shape index (κ1) is 21.7. The number of fused-ring (bicyclic) bond motifs is 4. The molecular formula is C24H17BrN6O3. The summed E-state index contributed by atoms with van der Waals surface area (Å²) in [5.74, 6) is -0.338. The Bertz CT molecular complexity index is 1640. The number of aromatic nitrogens is 3. The maximum atomic E-state index is 12.8. The molecule has 0 aliphatic carbocycles. The Morgan fingerprint density at radius 2 is 1.79 bits per heavy atom. The van der Waals surface area contributed by atoms with Gasteiger partial charge in [0, 0.05) is 27.6 Å². The zero-order chi connectivity index (χ0) is 23.8. The smallest absolute Gasteiger partial charge is 0.270 e. The summed E-state index contributed by atoms with van der Waals surface area (Å²) in [5, 5.41) is 16.0. The van der Waals surface area contributed by atoms with Gasteiger partial charge in [0.1, 0.15) is 12.1 Å². The van der Waals surface area contributed by atoms with Crippen LogP contribution >= 0.6 is 15.9 Å². The van der Waals surface area contributed by atoms with Gasteiger partial charge in [-0.3, -0.25) is 14.9 Å². The molecule has 0 saturated carbocycles. The normalized spacial score (nSPS) is 11.9. The molecule has 5 aromatic rings. The van der Waals surface area contributed by atoms with Crippen LogP contribution in [0.5, 0.6) is 0 Å². The second-order valence-electron chi connectivity index (χ2n) is 7.64. The molecule has 10 heteroatoms. The van der Waals surface area contributed by atoms with Crippen molar-refractivity contribution in [2.75, 3.05) is 0 Å². The number of carbonyl (C=O) groups is 1. The topological polar surface area (TPSA) is 115 Å². The van der Waals surface area contributed by atoms with Gasteiger partial charge in [0.05, 0.1) is 27.2 Å². The number of nitrogens with zero attached hydrogens (tertiary/aromatic N) is 5. The molecule has 2 heterocycles. The van der Waals surface area contributed by atoms with Crippen molar-refractivity contribution in [3.63, 3.8) is 0 Å². The minimum absolute atomic E-state index is 0.00472. The van der Waals surface area contributed by atoms with Crippen LogP contribution in [0.3, 0.4) is 0 Å². The van der Waals surface area contributed by atoms with Crippen LogP contribution in [0.15, 0.2) is 76.3 Å². The van der Waals surface area contributed by atoms with Crippen molar-refractivity contribution in [2.45, 2.75) is 13.5 Å². The number of halogens is 1. The summed E-state index contributed by atoms with van der Waals surface area (Å²) in [7, 11) is 0. The molecular weight excluding hydrogens is 500 g/mol. The average Bonchev–Trinajstić information content (AvgIpc) is 3.13. The van der Waals surface area contributed by atoms with Crippen LogP contribution in [0.25, 0.3) is 33.1 Å². The highest BCUT2D eigenvalue weighted by Crippen LogP contribution is 2.28. The van der Waals surface area contributed by atoms with Crippen LogP contribution < -0.4 is 5.43 Å². The Balaban J connectivity index is 1.46. The molecule has 0 unspecified atom stereocenters. The molecule has 5 rings (SSSR count). The first-order valence-electron chi connectivity index (χ1n) is 10.3. The number of nitro benzene ring substituents is 1. The summed E-state index contributed by atoms with van der Waals surface area (Å²) in [6.07, 6.45) is 0. The molecule has 0 atom stereocenters. The molecule has 1 amide bonds. The SMILES string of the molecule is C/C(=N/NC(=O)Cn1c2ccccc2c2nc3ccccc3nc21)c1ccc([N+](=O)[O-])cc1Br. The predicted molar refractivity (Wildman–Crippen MR) is 134 cm³/mol. The van der Waals surface area contributed by atoms with Gasteiger partial charge in [-0.25, -0.2) is 15.4 Å². The second kappa shape index (κ2) is 8.64. The molecule has 168 valence electrons. The molecule has 0 spiro atoms. The number of non-ortho nitro benzene ring substituents is 1. The van der Waals surface area contributed by atoms with Crippen LogP contribution in [0.4, 0.5) is 5.69 Å². The number of nitrogens with one attached hydrogen (secondary N) is 1. The van der Waals surface area contributed by atoms with Gasteiger partial charge in [-0.1, -0.05) is 30.3 Å². The molecule has 3 aromatic carbocycles. The third-order valence-corrected chi connectivity index (χ3v) is 6.12. The first-order chi connectivity index (χ1) is 16.4. The van der Waals surface area contributed by atoms with Gasteiger partial charge in [0.15, 0.2) is 5.65 Å². The fraction of sp³-hybridized carbons (Fsp3) is 0.0833. The fourth-order valence-corrected chi connectivity index (χ4v) is 4.49. The summed E-state index contributed by atoms with van der Waals surface area (Å²) in [5.41, 5.74) is 7.42. The summed E-state index contributed by atoms with van der Waals surface area (Å²) in [4.78, 5) is 32.9. The number of nitro groups is 1. The molecule has 0 radical (unpaired) electrons. The average molecular weight is 517 g/mol. The van der Waals surface area contributed by atoms with Crippen LogP contribution in [0, 0.1) is 10.1 Å². The van der Waals surface area contributed by atoms with E-state index in [2.05, 4.69) is 26.5 Å². The third-order valence-electron chi connectivity index (χ3n) is 5.46. The molecule has 0 bridgehead atoms. The number of benzene rings is 3. The summed E-state index contributed by atoms with van der Waals surface area (Å²) in [6.45, 7) is 1.71. The van der Waals surface area contributed by atoms with Gasteiger partial charge in [-0.2, -0.15) is 5.10 Å². The van der Waals surface area contributed by atoms with E-state index in [1.807, 2.05) is 53.1 Å². The Hall–Kier alpha value is -4.18. The Labute approximate surface area is 201 Å². The van der Waals surface area contributed by atoms with Crippen molar-refractivity contribution in [1.29, 1.82) is 0 Å². The molecule has 0 fully saturated rings. The number of para-hydroxylation sites is 3. The van der Waals surface area contributed by atoms with Crippen LogP contribution in [-0.2, 0) is 11.3 Å². The van der Waals surface area contributed by atoms with E-state index in [-0.39, 0.29) is 18.1 Å². The van der Waals surface area contributed by atoms with E-state index in [9.17, 15) is 14.9 Å². The zero-order valence-corrected chi connectivity index (χ0v) is 19.5. The van der Waals surface area contributed by atoms with Gasteiger partial charge >= 0.3 is 0 Å². The van der Waals surface area contributed by atoms with Crippen LogP contribution in [-0.4, -0.2) is 31.1 Å². The van der Waals surface area contributed by atoms with Gasteiger partial charge in [-0.15, -0.1) is 0 Å². The highest BCUT2D eigenvalue weighted by atomic mass is 79.9. The predicted octanol–water partition coefficient (Wildman–Crippen LogP) is 4.95. The lowest BCUT2D eigenvalue weighted by molar-refractivity contribution is -0.384. The molecule has 0 aliphatic heterocycles. The van der Waals surface area contributed by atoms with Crippen molar-refractivity contribution < 1.29 is 9.72 Å². The van der Waals surface area contributed by atoms with Crippen LogP contribution in [0.1, 0.15) is 12.5 Å². The number of amides is 1. The number of hydrogen-bond donors (Lipinski definition) is 1. The lowest BCUT2D eigenvalue weighted by Crippen LogP contribution is -2.24. The van der Waals surface area contributed by atoms with E-state index in [1.165, 1.54) is 12.1 Å². The Kier molecular flexibility index (Phi) is 5.50. The van der Waals surface area contributed by atoms with Crippen molar-refractivity contribution in [2.24, 2.45) is 5.10 Å². The molecule has 0 aliphatic rings. The van der Waals surface area contributed by atoms with Gasteiger partial charge in [0.25, 0.3) is 11.6 Å². The number of carbonyl (C=O) groups excluding carboxylic acids is 1. The second-order valence-corrected chi connectivity index (χ2v) is 8.50. The largest absolute Gasteiger partial charge is 0.314 e. The maximum Gasteiger partial charge on any atom is 0.270 e. The van der Waals surface area contributed by atoms with Gasteiger partial charge < -0.3 is 4.57 Å². The van der Waals surface area contributed by atoms with E-state index in [0.717, 1.165) is 27.5 Å². The van der Waals surface area contributed by atoms with Crippen molar-refractivity contribution in [3.05, 3.63) is 86.9 Å². The Morgan fingerprint density at radius 3 is 2.53 bits per heavy atom. The lowest BCUT2D eigenvalue weighted by atomic mass is 10.1. The summed E-state index contributed by atoms with van der Waals surface area (Å²) < 4.78 is 2.34. The van der Waals surface area contributed by atoms with E-state index in [1.54, 1.807) is 13.0 Å². The fourth-order valence-electron chi connectivity index (χ4n) is 3.84. The standard InChI is InChI=1S/C24H17BrN6O3/c1-14(16-11-10-15(31(33)34)12-18(16)25)28-29-22(32)13-30-21-9-5-2-6-17(21)23-24(30)27-20-8-4-3-7-19(20)26-23/h2-12H,13H2,1H3,(H,29,32)/b28-14-. The van der Waals surface area contributed by atoms with Gasteiger partial charge in [0.2, 0.25) is 0 Å². The third kappa shape index (κ3) is 3.88. The molecule has 34 heavy (non-hydrogen) atoms. The van der Waals surface area contributed by atoms with Crippen molar-refractivity contribution in [1.82, 2.24) is 20.0 Å². The van der Waals surface area contributed by atoms with Crippen LogP contribution in [0.2, 0.25) is 0 Å². The van der Waals surface area contributed by atoms with Gasteiger partial charge in [-0.05, 0) is 47.1 Å². The highest BCUT2D eigenvalue weighted by molar-refractivity contribution is 9.10. The monoisotopic (exact) mass is 516 g/mol. The quantitative estimate of drug-likeness (QED) is 0.201. The Morgan fingerprint density at radius 1 is 1.09 bits per heavy atom. The molecule has 2 aromatic heterocycles. The minimum Gasteiger partial charge on any atom is -0.314 e. The van der Waals surface area contributed by atoms with Crippen molar-refractivity contribution >= 4 is 66.3 Å². The molecule has 1 N–H and O–H groups in total. The zero-order valence-electron chi connectivity index (χ0n) is 17.9. The molecule has 0 saturated heterocycles. The minimum atomic E-state index is -0.472. The number of hydrogen-bond acceptors (Lipinski definition) is 6. The lowest BCUT2D eigenvalue weighted by Gasteiger charge is -2.08. The highest BCUT2D eigenvalue weighted by Gasteiger charge is 2.17. The summed E-state index contributed by atoms with van der Waals surface area (Å²) in [6, 6.07) is 19.7. The number of rotatable bonds is 5. The van der Waals surface area contributed by atoms with E-state index < -0.39 is 4.92 Å². The number of hydrazone groups is 1. The van der Waals surface area contributed by atoms with E-state index in [0.29, 0.717) is 21.4 Å².